The summed E-state index contributed by atoms with van der Waals surface area (Å²) in [5.41, 5.74) is 1.23. The zero-order valence-electron chi connectivity index (χ0n) is 15.3. The fourth-order valence-electron chi connectivity index (χ4n) is 2.47. The number of nitrogens with zero attached hydrogens (tertiary/aromatic N) is 1. The number of hydrogen-bond donors (Lipinski definition) is 1. The Hall–Kier alpha value is -3.33. The summed E-state index contributed by atoms with van der Waals surface area (Å²) in [6, 6.07) is 17.1. The van der Waals surface area contributed by atoms with Crippen molar-refractivity contribution >= 4 is 11.9 Å². The van der Waals surface area contributed by atoms with Gasteiger partial charge in [0, 0.05) is 5.56 Å². The maximum atomic E-state index is 12.5. The number of benzene rings is 2. The van der Waals surface area contributed by atoms with Crippen LogP contribution in [0, 0.1) is 11.3 Å². The fraction of sp³-hybridized carbons (Fsp3) is 0.286. The first-order chi connectivity index (χ1) is 13.0. The van der Waals surface area contributed by atoms with Gasteiger partial charge >= 0.3 is 5.97 Å². The Morgan fingerprint density at radius 1 is 1.07 bits per heavy atom. The van der Waals surface area contributed by atoms with Crippen molar-refractivity contribution in [3.63, 3.8) is 0 Å². The molecule has 0 spiro atoms. The molecule has 1 N–H and O–H groups in total. The van der Waals surface area contributed by atoms with Gasteiger partial charge in [-0.2, -0.15) is 5.26 Å². The second kappa shape index (κ2) is 9.97. The number of hydrogen-bond acceptors (Lipinski definition) is 5. The highest BCUT2D eigenvalue weighted by molar-refractivity contribution is 5.94. The molecule has 0 fully saturated rings. The number of nitrogens with one attached hydrogen (secondary N) is 1. The summed E-state index contributed by atoms with van der Waals surface area (Å²) in [7, 11) is 0. The molecule has 0 radical (unpaired) electrons. The molecule has 6 heteroatoms. The third kappa shape index (κ3) is 6.48. The lowest BCUT2D eigenvalue weighted by Gasteiger charge is -2.19. The summed E-state index contributed by atoms with van der Waals surface area (Å²) in [6.07, 6.45) is -0.0321. The molecule has 1 atom stereocenters. The van der Waals surface area contributed by atoms with Crippen molar-refractivity contribution in [1.82, 2.24) is 5.32 Å². The monoisotopic (exact) mass is 366 g/mol. The van der Waals surface area contributed by atoms with E-state index in [4.69, 9.17) is 14.7 Å². The highest BCUT2D eigenvalue weighted by Crippen LogP contribution is 2.22. The molecule has 0 bridgehead atoms. The first-order valence-electron chi connectivity index (χ1n) is 8.64. The van der Waals surface area contributed by atoms with Crippen molar-refractivity contribution in [1.29, 1.82) is 5.26 Å². The molecule has 1 amide bonds. The van der Waals surface area contributed by atoms with E-state index in [2.05, 4.69) is 5.32 Å². The largest absolute Gasteiger partial charge is 0.491 e. The van der Waals surface area contributed by atoms with E-state index in [1.807, 2.05) is 19.9 Å². The smallest absolute Gasteiger partial charge is 0.309 e. The summed E-state index contributed by atoms with van der Waals surface area (Å²) in [4.78, 5) is 24.5. The van der Waals surface area contributed by atoms with Gasteiger partial charge in [-0.05, 0) is 43.7 Å². The van der Waals surface area contributed by atoms with Crippen molar-refractivity contribution in [3.8, 4) is 11.8 Å². The summed E-state index contributed by atoms with van der Waals surface area (Å²) in [5.74, 6) is -0.150. The molecule has 0 saturated heterocycles. The minimum atomic E-state index is -0.586. The molecule has 2 aromatic rings. The molecular weight excluding hydrogens is 344 g/mol. The van der Waals surface area contributed by atoms with Crippen LogP contribution in [0.5, 0.6) is 5.75 Å². The number of rotatable bonds is 8. The Morgan fingerprint density at radius 3 is 2.33 bits per heavy atom. The van der Waals surface area contributed by atoms with E-state index < -0.39 is 12.0 Å². The van der Waals surface area contributed by atoms with Crippen LogP contribution in [0.2, 0.25) is 0 Å². The van der Waals surface area contributed by atoms with Crippen LogP contribution >= 0.6 is 0 Å². The molecule has 0 heterocycles. The van der Waals surface area contributed by atoms with E-state index in [1.165, 1.54) is 0 Å². The number of ether oxygens (including phenoxy) is 2. The lowest BCUT2D eigenvalue weighted by molar-refractivity contribution is -0.142. The molecule has 0 unspecified atom stereocenters. The first-order valence-corrected chi connectivity index (χ1v) is 8.64. The summed E-state index contributed by atoms with van der Waals surface area (Å²) >= 11 is 0. The SMILES string of the molecule is CC(C)Oc1ccc([C@@H](CC(=O)OCC#N)NC(=O)c2ccccc2)cc1. The van der Waals surface area contributed by atoms with Gasteiger partial charge in [0.1, 0.15) is 11.8 Å². The van der Waals surface area contributed by atoms with Crippen molar-refractivity contribution < 1.29 is 19.1 Å². The van der Waals surface area contributed by atoms with Crippen LogP contribution in [-0.2, 0) is 9.53 Å². The van der Waals surface area contributed by atoms with Crippen LogP contribution in [0.15, 0.2) is 54.6 Å². The predicted molar refractivity (Wildman–Crippen MR) is 100 cm³/mol. The molecule has 0 aliphatic rings. The van der Waals surface area contributed by atoms with Gasteiger partial charge in [0.05, 0.1) is 18.6 Å². The van der Waals surface area contributed by atoms with E-state index >= 15 is 0 Å². The average molecular weight is 366 g/mol. The van der Waals surface area contributed by atoms with E-state index in [1.54, 1.807) is 54.6 Å². The molecule has 27 heavy (non-hydrogen) atoms. The van der Waals surface area contributed by atoms with Gasteiger partial charge in [-0.25, -0.2) is 0 Å². The van der Waals surface area contributed by atoms with Gasteiger partial charge in [0.2, 0.25) is 0 Å². The highest BCUT2D eigenvalue weighted by atomic mass is 16.5. The summed E-state index contributed by atoms with van der Waals surface area (Å²) in [6.45, 7) is 3.54. The second-order valence-electron chi connectivity index (χ2n) is 6.15. The molecule has 2 rings (SSSR count). The first kappa shape index (κ1) is 20.0. The van der Waals surface area contributed by atoms with Crippen molar-refractivity contribution in [2.75, 3.05) is 6.61 Å². The minimum absolute atomic E-state index is 0.0467. The van der Waals surface area contributed by atoms with Crippen molar-refractivity contribution in [3.05, 3.63) is 65.7 Å². The number of amides is 1. The topological polar surface area (TPSA) is 88.4 Å². The van der Waals surface area contributed by atoms with Gasteiger partial charge < -0.3 is 14.8 Å². The van der Waals surface area contributed by atoms with E-state index in [9.17, 15) is 9.59 Å². The van der Waals surface area contributed by atoms with Crippen molar-refractivity contribution in [2.24, 2.45) is 0 Å². The van der Waals surface area contributed by atoms with E-state index in [0.717, 1.165) is 5.56 Å². The Kier molecular flexibility index (Phi) is 7.38. The van der Waals surface area contributed by atoms with E-state index in [0.29, 0.717) is 11.3 Å². The standard InChI is InChI=1S/C21H22N2O4/c1-15(2)27-18-10-8-16(9-11-18)19(14-20(24)26-13-12-22)23-21(25)17-6-4-3-5-7-17/h3-11,15,19H,13-14H2,1-2H3,(H,23,25)/t19-/m1/s1. The Balaban J connectivity index is 2.17. The Labute approximate surface area is 158 Å². The molecule has 0 aliphatic carbocycles. The second-order valence-corrected chi connectivity index (χ2v) is 6.15. The van der Waals surface area contributed by atoms with Crippen LogP contribution in [0.25, 0.3) is 0 Å². The van der Waals surface area contributed by atoms with Gasteiger partial charge in [-0.3, -0.25) is 9.59 Å². The quantitative estimate of drug-likeness (QED) is 0.723. The van der Waals surface area contributed by atoms with Gasteiger partial charge in [-0.1, -0.05) is 30.3 Å². The predicted octanol–water partition coefficient (Wildman–Crippen LogP) is 3.40. The zero-order valence-corrected chi connectivity index (χ0v) is 15.3. The summed E-state index contributed by atoms with van der Waals surface area (Å²) < 4.78 is 10.4. The molecule has 0 aromatic heterocycles. The summed E-state index contributed by atoms with van der Waals surface area (Å²) in [5, 5.41) is 11.4. The normalized spacial score (nSPS) is 11.3. The molecule has 140 valence electrons. The number of carbonyl (C=O) groups excluding carboxylic acids is 2. The lowest BCUT2D eigenvalue weighted by Crippen LogP contribution is -2.30. The van der Waals surface area contributed by atoms with Crippen LogP contribution in [-0.4, -0.2) is 24.6 Å². The van der Waals surface area contributed by atoms with Crippen molar-refractivity contribution in [2.45, 2.75) is 32.4 Å². The zero-order chi connectivity index (χ0) is 19.6. The molecule has 6 nitrogen and oxygen atoms in total. The molecule has 0 aliphatic heterocycles. The van der Waals surface area contributed by atoms with Crippen LogP contribution in [0.1, 0.15) is 42.2 Å². The number of carbonyl (C=O) groups is 2. The van der Waals surface area contributed by atoms with E-state index in [-0.39, 0.29) is 25.0 Å². The third-order valence-electron chi connectivity index (χ3n) is 3.66. The molecular formula is C21H22N2O4. The molecule has 2 aromatic carbocycles. The maximum Gasteiger partial charge on any atom is 0.309 e. The van der Waals surface area contributed by atoms with Crippen LogP contribution in [0.4, 0.5) is 0 Å². The maximum absolute atomic E-state index is 12.5. The molecule has 0 saturated carbocycles. The number of esters is 1. The Morgan fingerprint density at radius 2 is 1.74 bits per heavy atom. The lowest BCUT2D eigenvalue weighted by atomic mass is 10.0. The van der Waals surface area contributed by atoms with Gasteiger partial charge in [0.15, 0.2) is 6.61 Å². The minimum Gasteiger partial charge on any atom is -0.491 e. The average Bonchev–Trinajstić information content (AvgIpc) is 2.66. The number of nitriles is 1. The highest BCUT2D eigenvalue weighted by Gasteiger charge is 2.20. The van der Waals surface area contributed by atoms with Gasteiger partial charge in [-0.15, -0.1) is 0 Å². The Bertz CT molecular complexity index is 795. The van der Waals surface area contributed by atoms with Crippen LogP contribution in [0.3, 0.4) is 0 Å². The third-order valence-corrected chi connectivity index (χ3v) is 3.66. The fourth-order valence-corrected chi connectivity index (χ4v) is 2.47. The van der Waals surface area contributed by atoms with Gasteiger partial charge in [0.25, 0.3) is 5.91 Å². The van der Waals surface area contributed by atoms with Crippen LogP contribution < -0.4 is 10.1 Å².